The number of carbonyl (C=O) groups is 1. The zero-order valence-electron chi connectivity index (χ0n) is 17.5. The van der Waals surface area contributed by atoms with Gasteiger partial charge in [-0.3, -0.25) is 10.3 Å². The third-order valence-corrected chi connectivity index (χ3v) is 5.41. The van der Waals surface area contributed by atoms with E-state index in [0.717, 1.165) is 0 Å². The van der Waals surface area contributed by atoms with E-state index in [1.807, 2.05) is 17.9 Å². The number of fused-ring (bicyclic) bond motifs is 2. The third kappa shape index (κ3) is 4.01. The average Bonchev–Trinajstić information content (AvgIpc) is 3.27. The molecule has 1 aliphatic rings. The molecule has 0 bridgehead atoms. The van der Waals surface area contributed by atoms with Gasteiger partial charge in [0.25, 0.3) is 0 Å². The van der Waals surface area contributed by atoms with Gasteiger partial charge in [0.15, 0.2) is 5.58 Å². The van der Waals surface area contributed by atoms with Gasteiger partial charge in [0.2, 0.25) is 11.5 Å². The maximum Gasteiger partial charge on any atom is 0.450 e. The van der Waals surface area contributed by atoms with Crippen molar-refractivity contribution in [2.24, 2.45) is 0 Å². The number of hydrogen-bond acceptors (Lipinski definition) is 10. The predicted octanol–water partition coefficient (Wildman–Crippen LogP) is 2.77. The van der Waals surface area contributed by atoms with Crippen LogP contribution in [0, 0.1) is 6.92 Å². The summed E-state index contributed by atoms with van der Waals surface area (Å²) in [6, 6.07) is 5.18. The van der Waals surface area contributed by atoms with Crippen LogP contribution in [0.2, 0.25) is 0 Å². The normalized spacial score (nSPS) is 16.3. The van der Waals surface area contributed by atoms with E-state index < -0.39 is 6.09 Å². The topological polar surface area (TPSA) is 136 Å². The first kappa shape index (κ1) is 21.0. The summed E-state index contributed by atoms with van der Waals surface area (Å²) < 4.78 is 23.6. The van der Waals surface area contributed by atoms with Crippen LogP contribution in [-0.4, -0.2) is 63.5 Å². The van der Waals surface area contributed by atoms with E-state index in [1.165, 1.54) is 6.20 Å². The number of aliphatic hydroxyl groups excluding tert-OH is 1. The minimum atomic E-state index is -1.28. The molecule has 1 atom stereocenters. The van der Waals surface area contributed by atoms with Gasteiger partial charge >= 0.3 is 6.09 Å². The quantitative estimate of drug-likeness (QED) is 0.474. The lowest BCUT2D eigenvalue weighted by atomic mass is 10.1. The highest BCUT2D eigenvalue weighted by molar-refractivity contribution is 5.98. The van der Waals surface area contributed by atoms with Gasteiger partial charge in [0, 0.05) is 46.5 Å². The minimum absolute atomic E-state index is 0.0604. The fourth-order valence-electron chi connectivity index (χ4n) is 3.77. The fraction of sp³-hybridized carbons (Fsp3) is 0.286. The zero-order valence-corrected chi connectivity index (χ0v) is 17.5. The highest BCUT2D eigenvalue weighted by Crippen LogP contribution is 2.32. The average molecular weight is 454 g/mol. The molecule has 0 aliphatic carbocycles. The molecule has 0 saturated carbocycles. The molecule has 2 N–H and O–H groups in total. The molecule has 33 heavy (non-hydrogen) atoms. The monoisotopic (exact) mass is 454 g/mol. The van der Waals surface area contributed by atoms with E-state index in [1.54, 1.807) is 18.3 Å². The summed E-state index contributed by atoms with van der Waals surface area (Å²) in [6.07, 6.45) is 1.58. The van der Waals surface area contributed by atoms with Crippen molar-refractivity contribution in [3.8, 4) is 11.5 Å². The van der Waals surface area contributed by atoms with E-state index in [4.69, 9.17) is 9.15 Å². The summed E-state index contributed by atoms with van der Waals surface area (Å²) in [5, 5.41) is 12.9. The van der Waals surface area contributed by atoms with E-state index in [2.05, 4.69) is 30.2 Å². The number of rotatable bonds is 4. The van der Waals surface area contributed by atoms with E-state index >= 15 is 0 Å². The number of aromatic nitrogens is 4. The summed E-state index contributed by atoms with van der Waals surface area (Å²) in [4.78, 5) is 34.1. The molecule has 12 heteroatoms. The first-order valence-electron chi connectivity index (χ1n) is 10.2. The lowest BCUT2D eigenvalue weighted by Crippen LogP contribution is -2.44. The van der Waals surface area contributed by atoms with Gasteiger partial charge in [-0.1, -0.05) is 0 Å². The minimum Gasteiger partial charge on any atom is -0.434 e. The SMILES string of the molecule is Cc1ncc(-c2nc3nc(N4CCO[C@@H](CO)C4)ccc3o2)c2cc(NC(=O)OF)ncc12. The second kappa shape index (κ2) is 8.56. The van der Waals surface area contributed by atoms with Crippen molar-refractivity contribution >= 4 is 39.7 Å². The van der Waals surface area contributed by atoms with Crippen LogP contribution < -0.4 is 10.2 Å². The van der Waals surface area contributed by atoms with Crippen LogP contribution in [-0.2, 0) is 9.68 Å². The molecule has 4 aromatic heterocycles. The van der Waals surface area contributed by atoms with Crippen molar-refractivity contribution < 1.29 is 28.5 Å². The fourth-order valence-corrected chi connectivity index (χ4v) is 3.77. The van der Waals surface area contributed by atoms with Crippen LogP contribution in [0.15, 0.2) is 35.0 Å². The van der Waals surface area contributed by atoms with Crippen LogP contribution in [0.5, 0.6) is 0 Å². The number of aliphatic hydroxyl groups is 1. The van der Waals surface area contributed by atoms with Gasteiger partial charge in [-0.05, 0) is 25.1 Å². The standard InChI is InChI=1S/C21H19FN6O5/c1-11-14-7-24-17(25-21(30)33-22)6-13(14)15(8-23-11)20-27-19-16(32-20)2-3-18(26-19)28-4-5-31-12(9-28)10-29/h2-3,6-8,12,29H,4-5,9-10H2,1H3,(H,24,25,30)/t12-/m1/s1. The number of aryl methyl sites for hydroxylation is 1. The van der Waals surface area contributed by atoms with Gasteiger partial charge in [-0.25, -0.2) is 19.7 Å². The first-order valence-corrected chi connectivity index (χ1v) is 10.2. The number of nitrogens with zero attached hydrogens (tertiary/aromatic N) is 5. The second-order valence-corrected chi connectivity index (χ2v) is 7.49. The molecule has 0 aromatic carbocycles. The molecule has 1 fully saturated rings. The summed E-state index contributed by atoms with van der Waals surface area (Å²) >= 11 is 0. The molecule has 1 aliphatic heterocycles. The van der Waals surface area contributed by atoms with Crippen LogP contribution >= 0.6 is 0 Å². The van der Waals surface area contributed by atoms with Gasteiger partial charge in [-0.15, -0.1) is 0 Å². The Kier molecular flexibility index (Phi) is 5.44. The molecule has 11 nitrogen and oxygen atoms in total. The summed E-state index contributed by atoms with van der Waals surface area (Å²) in [5.41, 5.74) is 2.17. The highest BCUT2D eigenvalue weighted by Gasteiger charge is 2.22. The summed E-state index contributed by atoms with van der Waals surface area (Å²) in [5.74, 6) is 1.09. The smallest absolute Gasteiger partial charge is 0.434 e. The van der Waals surface area contributed by atoms with Gasteiger partial charge in [-0.2, -0.15) is 4.98 Å². The van der Waals surface area contributed by atoms with Crippen LogP contribution in [0.1, 0.15) is 5.69 Å². The summed E-state index contributed by atoms with van der Waals surface area (Å²) in [6.45, 7) is 3.43. The number of carbonyl (C=O) groups excluding carboxylic acids is 1. The predicted molar refractivity (Wildman–Crippen MR) is 115 cm³/mol. The zero-order chi connectivity index (χ0) is 22.9. The molecular weight excluding hydrogens is 435 g/mol. The lowest BCUT2D eigenvalue weighted by Gasteiger charge is -2.32. The number of halogens is 1. The Labute approximate surface area is 186 Å². The number of ether oxygens (including phenoxy) is 1. The number of oxazole rings is 1. The number of morpholine rings is 1. The molecule has 4 aromatic rings. The molecule has 1 amide bonds. The molecule has 170 valence electrons. The maximum absolute atomic E-state index is 12.1. The van der Waals surface area contributed by atoms with Crippen molar-refractivity contribution in [2.75, 3.05) is 36.5 Å². The Bertz CT molecular complexity index is 1350. The first-order chi connectivity index (χ1) is 16.1. The third-order valence-electron chi connectivity index (χ3n) is 5.41. The van der Waals surface area contributed by atoms with Gasteiger partial charge < -0.3 is 19.2 Å². The largest absolute Gasteiger partial charge is 0.450 e. The Hall–Kier alpha value is -3.90. The van der Waals surface area contributed by atoms with E-state index in [9.17, 15) is 14.4 Å². The van der Waals surface area contributed by atoms with Crippen molar-refractivity contribution in [3.63, 3.8) is 0 Å². The second-order valence-electron chi connectivity index (χ2n) is 7.49. The number of amides is 1. The van der Waals surface area contributed by atoms with E-state index in [0.29, 0.717) is 58.8 Å². The van der Waals surface area contributed by atoms with Crippen LogP contribution in [0.4, 0.5) is 21.0 Å². The Morgan fingerprint density at radius 3 is 3.00 bits per heavy atom. The maximum atomic E-state index is 12.1. The Balaban J connectivity index is 1.54. The van der Waals surface area contributed by atoms with Crippen molar-refractivity contribution in [1.29, 1.82) is 0 Å². The highest BCUT2D eigenvalue weighted by atomic mass is 19.3. The molecule has 5 rings (SSSR count). The molecule has 0 unspecified atom stereocenters. The number of pyridine rings is 3. The molecule has 5 heterocycles. The number of anilines is 2. The van der Waals surface area contributed by atoms with Gasteiger partial charge in [0.1, 0.15) is 11.6 Å². The van der Waals surface area contributed by atoms with Crippen LogP contribution in [0.25, 0.3) is 33.5 Å². The molecule has 0 radical (unpaired) electrons. The van der Waals surface area contributed by atoms with Crippen molar-refractivity contribution in [1.82, 2.24) is 19.9 Å². The summed E-state index contributed by atoms with van der Waals surface area (Å²) in [7, 11) is 0. The number of hydrogen-bond donors (Lipinski definition) is 2. The molecule has 0 spiro atoms. The molecule has 1 saturated heterocycles. The Morgan fingerprint density at radius 2 is 2.18 bits per heavy atom. The van der Waals surface area contributed by atoms with Gasteiger partial charge in [0.05, 0.1) is 24.9 Å². The Morgan fingerprint density at radius 1 is 1.30 bits per heavy atom. The van der Waals surface area contributed by atoms with Crippen molar-refractivity contribution in [2.45, 2.75) is 13.0 Å². The van der Waals surface area contributed by atoms with Crippen molar-refractivity contribution in [3.05, 3.63) is 36.3 Å². The number of nitrogens with one attached hydrogen (secondary N) is 1. The van der Waals surface area contributed by atoms with Crippen LogP contribution in [0.3, 0.4) is 0 Å². The molecular formula is C21H19FN6O5. The van der Waals surface area contributed by atoms with E-state index in [-0.39, 0.29) is 24.4 Å². The lowest BCUT2D eigenvalue weighted by molar-refractivity contribution is -0.0544.